The van der Waals surface area contributed by atoms with Gasteiger partial charge in [0.15, 0.2) is 5.28 Å². The van der Waals surface area contributed by atoms with Crippen LogP contribution in [-0.2, 0) is 6.42 Å². The fourth-order valence-corrected chi connectivity index (χ4v) is 0.761. The van der Waals surface area contributed by atoms with E-state index < -0.39 is 0 Å². The number of nitrogens with zero attached hydrogens (tertiary/aromatic N) is 1. The molecule has 0 bridgehead atoms. The summed E-state index contributed by atoms with van der Waals surface area (Å²) in [7, 11) is 0. The van der Waals surface area contributed by atoms with Gasteiger partial charge in [0.25, 0.3) is 0 Å². The Labute approximate surface area is 58.6 Å². The fraction of sp³-hybridized carbons (Fsp3) is 0.167. The van der Waals surface area contributed by atoms with Crippen molar-refractivity contribution in [2.45, 2.75) is 6.42 Å². The molecule has 0 radical (unpaired) electrons. The predicted octanol–water partition coefficient (Wildman–Crippen LogP) is 1.79. The molecule has 1 aromatic heterocycles. The molecule has 48 valence electrons. The van der Waals surface area contributed by atoms with Gasteiger partial charge in [-0.15, -0.1) is 6.58 Å². The minimum absolute atomic E-state index is 0.437. The number of aromatic nitrogens is 2. The Bertz CT molecular complexity index is 205. The number of nitrogens with one attached hydrogen (secondary N) is 1. The van der Waals surface area contributed by atoms with E-state index in [-0.39, 0.29) is 0 Å². The Balaban J connectivity index is 2.72. The van der Waals surface area contributed by atoms with Crippen molar-refractivity contribution in [3.63, 3.8) is 0 Å². The Morgan fingerprint density at radius 2 is 2.67 bits per heavy atom. The van der Waals surface area contributed by atoms with Crippen molar-refractivity contribution >= 4 is 11.6 Å². The van der Waals surface area contributed by atoms with Gasteiger partial charge >= 0.3 is 0 Å². The Morgan fingerprint density at radius 3 is 3.11 bits per heavy atom. The molecule has 0 aliphatic rings. The van der Waals surface area contributed by atoms with Gasteiger partial charge in [-0.1, -0.05) is 6.08 Å². The fourth-order valence-electron chi connectivity index (χ4n) is 0.591. The molecule has 0 atom stereocenters. The summed E-state index contributed by atoms with van der Waals surface area (Å²) in [5.74, 6) is 0. The molecular weight excluding hydrogens is 136 g/mol. The van der Waals surface area contributed by atoms with Crippen molar-refractivity contribution in [1.29, 1.82) is 0 Å². The van der Waals surface area contributed by atoms with Crippen LogP contribution in [0.15, 0.2) is 18.9 Å². The normalized spacial score (nSPS) is 9.44. The lowest BCUT2D eigenvalue weighted by Gasteiger charge is -1.83. The van der Waals surface area contributed by atoms with Gasteiger partial charge in [-0.05, 0) is 11.6 Å². The smallest absolute Gasteiger partial charge is 0.200 e. The molecule has 0 saturated carbocycles. The molecule has 1 rings (SSSR count). The summed E-state index contributed by atoms with van der Waals surface area (Å²) in [4.78, 5) is 6.66. The number of H-pyrrole nitrogens is 1. The number of imidazole rings is 1. The maximum atomic E-state index is 5.50. The highest BCUT2D eigenvalue weighted by molar-refractivity contribution is 6.28. The predicted molar refractivity (Wildman–Crippen MR) is 37.5 cm³/mol. The van der Waals surface area contributed by atoms with E-state index in [1.807, 2.05) is 0 Å². The van der Waals surface area contributed by atoms with Crippen LogP contribution in [0, 0.1) is 0 Å². The first kappa shape index (κ1) is 6.36. The van der Waals surface area contributed by atoms with E-state index in [0.29, 0.717) is 5.28 Å². The molecule has 1 N–H and O–H groups in total. The summed E-state index contributed by atoms with van der Waals surface area (Å²) in [6.07, 6.45) is 4.29. The third-order valence-electron chi connectivity index (χ3n) is 0.962. The van der Waals surface area contributed by atoms with Crippen molar-refractivity contribution in [3.05, 3.63) is 29.8 Å². The SMILES string of the molecule is C=CCc1cnc(Cl)[nH]1. The van der Waals surface area contributed by atoms with Crippen molar-refractivity contribution in [2.75, 3.05) is 0 Å². The molecule has 0 saturated heterocycles. The summed E-state index contributed by atoms with van der Waals surface area (Å²) < 4.78 is 0. The van der Waals surface area contributed by atoms with E-state index >= 15 is 0 Å². The lowest BCUT2D eigenvalue weighted by Crippen LogP contribution is -1.76. The molecule has 1 aromatic rings. The molecule has 0 aliphatic heterocycles. The Hall–Kier alpha value is -0.760. The highest BCUT2D eigenvalue weighted by Crippen LogP contribution is 2.02. The van der Waals surface area contributed by atoms with Gasteiger partial charge in [-0.25, -0.2) is 4.98 Å². The van der Waals surface area contributed by atoms with Crippen LogP contribution in [0.2, 0.25) is 5.28 Å². The van der Waals surface area contributed by atoms with E-state index in [9.17, 15) is 0 Å². The first-order chi connectivity index (χ1) is 4.33. The average Bonchev–Trinajstić information content (AvgIpc) is 2.17. The molecular formula is C6H7ClN2. The van der Waals surface area contributed by atoms with Crippen LogP contribution in [0.25, 0.3) is 0 Å². The Kier molecular flexibility index (Phi) is 1.90. The molecule has 0 fully saturated rings. The molecule has 3 heteroatoms. The topological polar surface area (TPSA) is 28.7 Å². The maximum absolute atomic E-state index is 5.50. The van der Waals surface area contributed by atoms with Gasteiger partial charge in [-0.2, -0.15) is 0 Å². The second-order valence-corrected chi connectivity index (χ2v) is 2.05. The lowest BCUT2D eigenvalue weighted by molar-refractivity contribution is 1.16. The van der Waals surface area contributed by atoms with Gasteiger partial charge in [0.2, 0.25) is 0 Å². The maximum Gasteiger partial charge on any atom is 0.200 e. The second kappa shape index (κ2) is 2.69. The van der Waals surface area contributed by atoms with E-state index in [0.717, 1.165) is 12.1 Å². The van der Waals surface area contributed by atoms with Crippen LogP contribution in [0.5, 0.6) is 0 Å². The lowest BCUT2D eigenvalue weighted by atomic mass is 10.3. The average molecular weight is 143 g/mol. The van der Waals surface area contributed by atoms with Crippen molar-refractivity contribution in [2.24, 2.45) is 0 Å². The van der Waals surface area contributed by atoms with E-state index in [2.05, 4.69) is 16.5 Å². The summed E-state index contributed by atoms with van der Waals surface area (Å²) in [6, 6.07) is 0. The van der Waals surface area contributed by atoms with E-state index in [1.165, 1.54) is 0 Å². The first-order valence-electron chi connectivity index (χ1n) is 2.63. The molecule has 2 nitrogen and oxygen atoms in total. The van der Waals surface area contributed by atoms with E-state index in [4.69, 9.17) is 11.6 Å². The highest BCUT2D eigenvalue weighted by atomic mass is 35.5. The minimum atomic E-state index is 0.437. The van der Waals surface area contributed by atoms with Crippen molar-refractivity contribution in [1.82, 2.24) is 9.97 Å². The zero-order chi connectivity index (χ0) is 6.69. The number of halogens is 1. The van der Waals surface area contributed by atoms with Gasteiger partial charge in [-0.3, -0.25) is 0 Å². The third-order valence-corrected chi connectivity index (χ3v) is 1.15. The third kappa shape index (κ3) is 1.57. The molecule has 9 heavy (non-hydrogen) atoms. The van der Waals surface area contributed by atoms with Crippen LogP contribution < -0.4 is 0 Å². The molecule has 0 unspecified atom stereocenters. The molecule has 0 aliphatic carbocycles. The van der Waals surface area contributed by atoms with Crippen LogP contribution in [-0.4, -0.2) is 9.97 Å². The summed E-state index contributed by atoms with van der Waals surface area (Å²) in [6.45, 7) is 3.57. The highest BCUT2D eigenvalue weighted by Gasteiger charge is 1.92. The van der Waals surface area contributed by atoms with Crippen LogP contribution in [0.4, 0.5) is 0 Å². The zero-order valence-corrected chi connectivity index (χ0v) is 5.65. The number of hydrogen-bond donors (Lipinski definition) is 1. The molecule has 1 heterocycles. The first-order valence-corrected chi connectivity index (χ1v) is 3.01. The number of aromatic amines is 1. The van der Waals surface area contributed by atoms with E-state index in [1.54, 1.807) is 12.3 Å². The minimum Gasteiger partial charge on any atom is -0.332 e. The number of rotatable bonds is 2. The largest absolute Gasteiger partial charge is 0.332 e. The van der Waals surface area contributed by atoms with Gasteiger partial charge in [0.05, 0.1) is 0 Å². The standard InChI is InChI=1S/C6H7ClN2/c1-2-3-5-4-8-6(7)9-5/h2,4H,1,3H2,(H,8,9). The number of hydrogen-bond acceptors (Lipinski definition) is 1. The summed E-state index contributed by atoms with van der Waals surface area (Å²) in [5.41, 5.74) is 0.995. The van der Waals surface area contributed by atoms with Crippen molar-refractivity contribution < 1.29 is 0 Å². The van der Waals surface area contributed by atoms with Gasteiger partial charge < -0.3 is 4.98 Å². The quantitative estimate of drug-likeness (QED) is 0.627. The summed E-state index contributed by atoms with van der Waals surface area (Å²) >= 11 is 5.50. The van der Waals surface area contributed by atoms with Crippen LogP contribution >= 0.6 is 11.6 Å². The Morgan fingerprint density at radius 1 is 1.89 bits per heavy atom. The van der Waals surface area contributed by atoms with Gasteiger partial charge in [0, 0.05) is 18.3 Å². The monoisotopic (exact) mass is 142 g/mol. The second-order valence-electron chi connectivity index (χ2n) is 1.69. The van der Waals surface area contributed by atoms with Crippen molar-refractivity contribution in [3.8, 4) is 0 Å². The summed E-state index contributed by atoms with van der Waals surface area (Å²) in [5, 5.41) is 0.437. The molecule has 0 amide bonds. The number of allylic oxidation sites excluding steroid dienone is 1. The van der Waals surface area contributed by atoms with Crippen LogP contribution in [0.1, 0.15) is 5.69 Å². The van der Waals surface area contributed by atoms with Crippen LogP contribution in [0.3, 0.4) is 0 Å². The molecule has 0 spiro atoms. The van der Waals surface area contributed by atoms with Gasteiger partial charge in [0.1, 0.15) is 0 Å². The molecule has 0 aromatic carbocycles. The zero-order valence-electron chi connectivity index (χ0n) is 4.89.